The fourth-order valence-corrected chi connectivity index (χ4v) is 4.35. The third-order valence-electron chi connectivity index (χ3n) is 4.66. The molecule has 0 fully saturated rings. The zero-order chi connectivity index (χ0) is 29.5. The average molecular weight is 599 g/mol. The topological polar surface area (TPSA) is 204 Å². The van der Waals surface area contributed by atoms with Crippen molar-refractivity contribution in [3.05, 3.63) is 51.4 Å². The summed E-state index contributed by atoms with van der Waals surface area (Å²) in [5.74, 6) is -5.71. The molecule has 39 heavy (non-hydrogen) atoms. The Kier molecular flexibility index (Phi) is 10.1. The van der Waals surface area contributed by atoms with E-state index in [2.05, 4.69) is 10.2 Å². The highest BCUT2D eigenvalue weighted by Gasteiger charge is 2.43. The molecule has 6 N–H and O–H groups in total. The molecule has 1 unspecified atom stereocenters. The highest BCUT2D eigenvalue weighted by molar-refractivity contribution is 7.92. The molecule has 0 aliphatic carbocycles. The number of nitrogens with two attached hydrogens (primary N) is 1. The van der Waals surface area contributed by atoms with Crippen molar-refractivity contribution in [3.8, 4) is 5.75 Å². The third kappa shape index (κ3) is 8.23. The number of ether oxygens (including phenoxy) is 1. The molecule has 0 spiro atoms. The van der Waals surface area contributed by atoms with Gasteiger partial charge in [-0.1, -0.05) is 11.6 Å². The number of nitrogens with one attached hydrogen (secondary N) is 4. The van der Waals surface area contributed by atoms with Gasteiger partial charge in [-0.3, -0.25) is 24.6 Å². The van der Waals surface area contributed by atoms with Crippen molar-refractivity contribution >= 4 is 45.1 Å². The minimum absolute atomic E-state index is 0.00893. The first-order valence-electron chi connectivity index (χ1n) is 10.5. The van der Waals surface area contributed by atoms with E-state index in [9.17, 15) is 36.0 Å². The molecule has 2 rings (SSSR count). The highest BCUT2D eigenvalue weighted by Crippen LogP contribution is 2.28. The summed E-state index contributed by atoms with van der Waals surface area (Å²) in [4.78, 5) is 45.5. The predicted molar refractivity (Wildman–Crippen MR) is 130 cm³/mol. The van der Waals surface area contributed by atoms with Gasteiger partial charge in [-0.15, -0.1) is 4.73 Å². The van der Waals surface area contributed by atoms with Gasteiger partial charge >= 0.3 is 17.7 Å². The van der Waals surface area contributed by atoms with Crippen LogP contribution in [0.1, 0.15) is 18.5 Å². The number of alkyl halides is 3. The lowest BCUT2D eigenvalue weighted by Crippen LogP contribution is -2.42. The van der Waals surface area contributed by atoms with E-state index in [1.54, 1.807) is 0 Å². The first-order chi connectivity index (χ1) is 18.1. The molecule has 0 aliphatic heterocycles. The molecule has 0 bridgehead atoms. The minimum Gasteiger partial charge on any atom is -0.495 e. The lowest BCUT2D eigenvalue weighted by molar-refractivity contribution is -0.200. The molecule has 214 valence electrons. The number of carbonyl (C=O) groups excluding carboxylic acids is 2. The summed E-state index contributed by atoms with van der Waals surface area (Å²) in [5.41, 5.74) is 4.13. The summed E-state index contributed by atoms with van der Waals surface area (Å²) in [6, 6.07) is 5.34. The largest absolute Gasteiger partial charge is 0.495 e. The maximum atomic E-state index is 13.0. The maximum absolute atomic E-state index is 13.0. The lowest BCUT2D eigenvalue weighted by Gasteiger charge is -2.19. The predicted octanol–water partition coefficient (Wildman–Crippen LogP) is 0.463. The summed E-state index contributed by atoms with van der Waals surface area (Å²) < 4.78 is 71.3. The number of pyridine rings is 1. The van der Waals surface area contributed by atoms with Gasteiger partial charge in [0, 0.05) is 11.6 Å². The normalized spacial score (nSPS) is 12.3. The van der Waals surface area contributed by atoms with Crippen LogP contribution < -0.4 is 36.4 Å². The van der Waals surface area contributed by atoms with Crippen LogP contribution in [-0.4, -0.2) is 57.4 Å². The molecular formula is C20H22ClF3N6O8S. The Morgan fingerprint density at radius 1 is 1.23 bits per heavy atom. The molecule has 1 atom stereocenters. The van der Waals surface area contributed by atoms with Gasteiger partial charge in [0.05, 0.1) is 25.3 Å². The molecule has 0 aliphatic rings. The Labute approximate surface area is 223 Å². The molecule has 0 saturated carbocycles. The Bertz CT molecular complexity index is 1420. The standard InChI is InChI=1S/C20H22ClF3N6O8S/c1-10(16(31)27-7-8-37-28-19(25)26)13-5-4-12(17(32)30(13)38-18(33)20(22,23)24)29-39(34,35)15-9-11(21)3-6-14(15)36-2/h3-6,9-10,29H,7-8H2,1-2H3,(H,27,31)(H4,25,26,28). The summed E-state index contributed by atoms with van der Waals surface area (Å²) in [5, 5.41) is 9.27. The lowest BCUT2D eigenvalue weighted by atomic mass is 10.1. The number of halogens is 4. The van der Waals surface area contributed by atoms with Gasteiger partial charge in [-0.25, -0.2) is 18.7 Å². The fraction of sp³-hybridized carbons (Fsp3) is 0.300. The summed E-state index contributed by atoms with van der Waals surface area (Å²) in [6.45, 7) is 0.842. The van der Waals surface area contributed by atoms with Crippen molar-refractivity contribution < 1.29 is 45.6 Å². The summed E-state index contributed by atoms with van der Waals surface area (Å²) in [6.07, 6.45) is -5.53. The molecule has 14 nitrogen and oxygen atoms in total. The number of carbonyl (C=O) groups is 2. The Morgan fingerprint density at radius 3 is 2.49 bits per heavy atom. The number of anilines is 1. The van der Waals surface area contributed by atoms with Gasteiger partial charge in [0.2, 0.25) is 11.9 Å². The first-order valence-corrected chi connectivity index (χ1v) is 12.4. The Hall–Kier alpha value is -4.03. The average Bonchev–Trinajstić information content (AvgIpc) is 2.84. The second-order valence-corrected chi connectivity index (χ2v) is 9.51. The molecule has 0 radical (unpaired) electrons. The molecule has 1 heterocycles. The van der Waals surface area contributed by atoms with Crippen molar-refractivity contribution in [3.63, 3.8) is 0 Å². The fourth-order valence-electron chi connectivity index (χ4n) is 2.86. The van der Waals surface area contributed by atoms with Crippen LogP contribution >= 0.6 is 11.6 Å². The van der Waals surface area contributed by atoms with E-state index in [0.717, 1.165) is 18.2 Å². The van der Waals surface area contributed by atoms with Crippen LogP contribution in [0.3, 0.4) is 0 Å². The number of amides is 1. The highest BCUT2D eigenvalue weighted by atomic mass is 35.5. The monoisotopic (exact) mass is 598 g/mol. The van der Waals surface area contributed by atoms with E-state index in [1.165, 1.54) is 26.2 Å². The van der Waals surface area contributed by atoms with Gasteiger partial charge < -0.3 is 20.6 Å². The zero-order valence-corrected chi connectivity index (χ0v) is 21.7. The van der Waals surface area contributed by atoms with E-state index in [1.807, 2.05) is 10.2 Å². The van der Waals surface area contributed by atoms with Crippen molar-refractivity contribution in [1.29, 1.82) is 5.41 Å². The number of nitrogens with zero attached hydrogens (tertiary/aromatic N) is 1. The summed E-state index contributed by atoms with van der Waals surface area (Å²) >= 11 is 5.85. The van der Waals surface area contributed by atoms with Crippen molar-refractivity contribution in [2.75, 3.05) is 25.0 Å². The number of aromatic nitrogens is 1. The van der Waals surface area contributed by atoms with Gasteiger partial charge in [0.1, 0.15) is 16.3 Å². The van der Waals surface area contributed by atoms with E-state index in [0.29, 0.717) is 0 Å². The van der Waals surface area contributed by atoms with Crippen LogP contribution in [0.4, 0.5) is 18.9 Å². The molecule has 0 saturated heterocycles. The zero-order valence-electron chi connectivity index (χ0n) is 20.1. The van der Waals surface area contributed by atoms with Crippen LogP contribution in [0, 0.1) is 5.41 Å². The quantitative estimate of drug-likeness (QED) is 0.105. The molecule has 1 amide bonds. The molecule has 2 aromatic rings. The maximum Gasteiger partial charge on any atom is 0.493 e. The first kappa shape index (κ1) is 31.2. The number of guanidine groups is 1. The van der Waals surface area contributed by atoms with Gasteiger partial charge in [-0.2, -0.15) is 13.2 Å². The number of benzene rings is 1. The van der Waals surface area contributed by atoms with E-state index in [4.69, 9.17) is 32.3 Å². The van der Waals surface area contributed by atoms with Crippen molar-refractivity contribution in [2.45, 2.75) is 23.9 Å². The number of hydroxylamine groups is 1. The Morgan fingerprint density at radius 2 is 1.90 bits per heavy atom. The Balaban J connectivity index is 2.45. The number of methoxy groups -OCH3 is 1. The number of hydrogen-bond acceptors (Lipinski definition) is 9. The molecule has 19 heteroatoms. The van der Waals surface area contributed by atoms with Crippen LogP contribution in [0.25, 0.3) is 0 Å². The second-order valence-electron chi connectivity index (χ2n) is 7.43. The van der Waals surface area contributed by atoms with Gasteiger partial charge in [0.25, 0.3) is 10.0 Å². The summed E-state index contributed by atoms with van der Waals surface area (Å²) in [7, 11) is -3.44. The van der Waals surface area contributed by atoms with E-state index >= 15 is 0 Å². The number of hydrogen-bond donors (Lipinski definition) is 5. The smallest absolute Gasteiger partial charge is 0.493 e. The van der Waals surface area contributed by atoms with Gasteiger partial charge in [-0.05, 0) is 37.3 Å². The van der Waals surface area contributed by atoms with Crippen LogP contribution in [0.15, 0.2) is 40.0 Å². The van der Waals surface area contributed by atoms with Crippen LogP contribution in [-0.2, 0) is 24.4 Å². The van der Waals surface area contributed by atoms with Gasteiger partial charge in [0.15, 0.2) is 0 Å². The molecular weight excluding hydrogens is 577 g/mol. The van der Waals surface area contributed by atoms with Crippen molar-refractivity contribution in [2.24, 2.45) is 5.73 Å². The minimum atomic E-state index is -5.53. The second kappa shape index (κ2) is 12.7. The number of sulfonamides is 1. The molecule has 1 aromatic carbocycles. The van der Waals surface area contributed by atoms with Crippen molar-refractivity contribution in [1.82, 2.24) is 15.5 Å². The van der Waals surface area contributed by atoms with E-state index < -0.39 is 61.8 Å². The third-order valence-corrected chi connectivity index (χ3v) is 6.28. The SMILES string of the molecule is COc1ccc(Cl)cc1S(=O)(=O)Nc1ccc(C(C)C(=O)NCCONC(=N)N)n(OC(=O)C(F)(F)F)c1=O. The van der Waals surface area contributed by atoms with Crippen LogP contribution in [0.5, 0.6) is 5.75 Å². The van der Waals surface area contributed by atoms with Crippen LogP contribution in [0.2, 0.25) is 5.02 Å². The molecule has 1 aromatic heterocycles. The van der Waals surface area contributed by atoms with E-state index in [-0.39, 0.29) is 28.7 Å². The number of rotatable bonds is 11.